The lowest BCUT2D eigenvalue weighted by molar-refractivity contribution is -0.121. The number of carbonyl (C=O) groups is 2. The lowest BCUT2D eigenvalue weighted by atomic mass is 10.4. The van der Waals surface area contributed by atoms with E-state index in [-0.39, 0.29) is 24.0 Å². The molecule has 18 heavy (non-hydrogen) atoms. The number of amides is 1. The maximum absolute atomic E-state index is 11.6. The Hall–Kier alpha value is -2.05. The average molecular weight is 254 g/mol. The Bertz CT molecular complexity index is 453. The van der Waals surface area contributed by atoms with E-state index in [0.29, 0.717) is 12.4 Å². The van der Waals surface area contributed by atoms with Crippen LogP contribution in [0, 0.1) is 6.92 Å². The van der Waals surface area contributed by atoms with Crippen molar-refractivity contribution in [2.24, 2.45) is 0 Å². The third-order valence-corrected chi connectivity index (χ3v) is 2.45. The molecule has 7 heteroatoms. The number of nitrogen functional groups attached to an aromatic ring is 1. The van der Waals surface area contributed by atoms with Gasteiger partial charge in [0.15, 0.2) is 5.69 Å². The Kier molecular flexibility index (Phi) is 4.70. The van der Waals surface area contributed by atoms with Crippen molar-refractivity contribution in [3.63, 3.8) is 0 Å². The van der Waals surface area contributed by atoms with Crippen molar-refractivity contribution in [3.8, 4) is 0 Å². The summed E-state index contributed by atoms with van der Waals surface area (Å²) in [5.74, 6) is -0.130. The van der Waals surface area contributed by atoms with E-state index in [2.05, 4.69) is 15.0 Å². The number of aromatic nitrogens is 2. The van der Waals surface area contributed by atoms with Gasteiger partial charge in [-0.3, -0.25) is 4.79 Å². The third-order valence-electron chi connectivity index (χ3n) is 2.45. The highest BCUT2D eigenvalue weighted by molar-refractivity contribution is 5.92. The topological polar surface area (TPSA) is 99.2 Å². The number of nitrogens with zero attached hydrogens (tertiary/aromatic N) is 2. The number of esters is 1. The molecular weight excluding hydrogens is 236 g/mol. The van der Waals surface area contributed by atoms with Gasteiger partial charge in [0.1, 0.15) is 18.2 Å². The van der Waals surface area contributed by atoms with Crippen LogP contribution >= 0.6 is 0 Å². The van der Waals surface area contributed by atoms with Gasteiger partial charge >= 0.3 is 5.97 Å². The van der Waals surface area contributed by atoms with Crippen LogP contribution in [-0.2, 0) is 16.1 Å². The zero-order valence-electron chi connectivity index (χ0n) is 10.8. The van der Waals surface area contributed by atoms with Crippen LogP contribution in [0.4, 0.5) is 5.82 Å². The van der Waals surface area contributed by atoms with Gasteiger partial charge in [0.05, 0.1) is 7.11 Å². The Balaban J connectivity index is 2.86. The van der Waals surface area contributed by atoms with E-state index in [4.69, 9.17) is 5.73 Å². The number of anilines is 1. The number of methoxy groups -OCH3 is 1. The molecule has 0 aliphatic carbocycles. The van der Waals surface area contributed by atoms with Gasteiger partial charge in [-0.05, 0) is 13.3 Å². The Morgan fingerprint density at radius 1 is 1.50 bits per heavy atom. The predicted octanol–water partition coefficient (Wildman–Crippen LogP) is 0.0865. The molecule has 0 saturated carbocycles. The van der Waals surface area contributed by atoms with E-state index < -0.39 is 5.97 Å². The maximum atomic E-state index is 11.6. The van der Waals surface area contributed by atoms with Gasteiger partial charge in [0.2, 0.25) is 5.91 Å². The Morgan fingerprint density at radius 3 is 2.72 bits per heavy atom. The van der Waals surface area contributed by atoms with Gasteiger partial charge in [-0.25, -0.2) is 9.78 Å². The van der Waals surface area contributed by atoms with E-state index in [0.717, 1.165) is 6.42 Å². The minimum absolute atomic E-state index is 0.0401. The summed E-state index contributed by atoms with van der Waals surface area (Å²) in [6.07, 6.45) is 0.859. The summed E-state index contributed by atoms with van der Waals surface area (Å²) >= 11 is 0. The van der Waals surface area contributed by atoms with Crippen molar-refractivity contribution >= 4 is 17.7 Å². The third kappa shape index (κ3) is 2.99. The van der Waals surface area contributed by atoms with Crippen molar-refractivity contribution < 1.29 is 14.3 Å². The lowest BCUT2D eigenvalue weighted by Gasteiger charge is -2.07. The molecule has 1 aromatic heterocycles. The summed E-state index contributed by atoms with van der Waals surface area (Å²) in [6, 6.07) is 0. The highest BCUT2D eigenvalue weighted by Gasteiger charge is 2.20. The number of rotatable bonds is 5. The average Bonchev–Trinajstić information content (AvgIpc) is 2.63. The van der Waals surface area contributed by atoms with Crippen LogP contribution in [-0.4, -0.2) is 35.1 Å². The predicted molar refractivity (Wildman–Crippen MR) is 66.0 cm³/mol. The fraction of sp³-hybridized carbons (Fsp3) is 0.545. The highest BCUT2D eigenvalue weighted by atomic mass is 16.5. The second-order valence-corrected chi connectivity index (χ2v) is 3.82. The van der Waals surface area contributed by atoms with Crippen molar-refractivity contribution in [1.82, 2.24) is 14.9 Å². The van der Waals surface area contributed by atoms with Crippen molar-refractivity contribution in [2.75, 3.05) is 19.4 Å². The molecule has 0 aliphatic rings. The number of imidazole rings is 1. The molecule has 3 N–H and O–H groups in total. The van der Waals surface area contributed by atoms with Crippen LogP contribution in [0.3, 0.4) is 0 Å². The fourth-order valence-corrected chi connectivity index (χ4v) is 1.49. The van der Waals surface area contributed by atoms with Gasteiger partial charge in [-0.1, -0.05) is 6.92 Å². The molecule has 1 aromatic rings. The molecule has 0 fully saturated rings. The van der Waals surface area contributed by atoms with Crippen LogP contribution in [0.25, 0.3) is 0 Å². The number of ether oxygens (including phenoxy) is 1. The standard InChI is InChI=1S/C11H18N4O3/c1-4-5-13-8(16)6-15-7(2)14-9(10(15)12)11(17)18-3/h4-6,12H2,1-3H3,(H,13,16). The van der Waals surface area contributed by atoms with E-state index in [1.165, 1.54) is 11.7 Å². The Morgan fingerprint density at radius 2 is 2.17 bits per heavy atom. The van der Waals surface area contributed by atoms with Crippen LogP contribution in [0.5, 0.6) is 0 Å². The number of nitrogens with two attached hydrogens (primary N) is 1. The monoisotopic (exact) mass is 254 g/mol. The van der Waals surface area contributed by atoms with Gasteiger partial charge < -0.3 is 20.4 Å². The molecule has 0 spiro atoms. The fourth-order valence-electron chi connectivity index (χ4n) is 1.49. The molecular formula is C11H18N4O3. The molecule has 0 saturated heterocycles. The van der Waals surface area contributed by atoms with Crippen LogP contribution in [0.1, 0.15) is 29.7 Å². The van der Waals surface area contributed by atoms with Crippen molar-refractivity contribution in [3.05, 3.63) is 11.5 Å². The second-order valence-electron chi connectivity index (χ2n) is 3.82. The SMILES string of the molecule is CCCNC(=O)Cn1c(C)nc(C(=O)OC)c1N. The van der Waals surface area contributed by atoms with Crippen molar-refractivity contribution in [1.29, 1.82) is 0 Å². The van der Waals surface area contributed by atoms with Crippen LogP contribution in [0.2, 0.25) is 0 Å². The van der Waals surface area contributed by atoms with Gasteiger partial charge in [0.25, 0.3) is 0 Å². The maximum Gasteiger partial charge on any atom is 0.360 e. The first-order valence-corrected chi connectivity index (χ1v) is 5.68. The van der Waals surface area contributed by atoms with E-state index >= 15 is 0 Å². The number of aryl methyl sites for hydroxylation is 1. The summed E-state index contributed by atoms with van der Waals surface area (Å²) in [5, 5.41) is 2.73. The zero-order valence-corrected chi connectivity index (χ0v) is 10.8. The first-order valence-electron chi connectivity index (χ1n) is 5.68. The second kappa shape index (κ2) is 6.04. The molecule has 0 atom stereocenters. The van der Waals surface area contributed by atoms with E-state index in [9.17, 15) is 9.59 Å². The number of hydrogen-bond donors (Lipinski definition) is 2. The molecule has 0 aromatic carbocycles. The molecule has 0 radical (unpaired) electrons. The van der Waals surface area contributed by atoms with E-state index in [1.807, 2.05) is 6.92 Å². The molecule has 1 amide bonds. The molecule has 0 aliphatic heterocycles. The summed E-state index contributed by atoms with van der Waals surface area (Å²) in [4.78, 5) is 27.0. The van der Waals surface area contributed by atoms with E-state index in [1.54, 1.807) is 6.92 Å². The minimum atomic E-state index is -0.608. The summed E-state index contributed by atoms with van der Waals surface area (Å²) < 4.78 is 6.04. The van der Waals surface area contributed by atoms with Gasteiger partial charge in [-0.2, -0.15) is 0 Å². The van der Waals surface area contributed by atoms with Crippen molar-refractivity contribution in [2.45, 2.75) is 26.8 Å². The largest absolute Gasteiger partial charge is 0.464 e. The van der Waals surface area contributed by atoms with Gasteiger partial charge in [-0.15, -0.1) is 0 Å². The first-order chi connectivity index (χ1) is 8.51. The minimum Gasteiger partial charge on any atom is -0.464 e. The summed E-state index contributed by atoms with van der Waals surface area (Å²) in [7, 11) is 1.25. The number of carbonyl (C=O) groups excluding carboxylic acids is 2. The molecule has 1 rings (SSSR count). The Labute approximate surface area is 105 Å². The number of hydrogen-bond acceptors (Lipinski definition) is 5. The summed E-state index contributed by atoms with van der Waals surface area (Å²) in [5.41, 5.74) is 5.82. The quantitative estimate of drug-likeness (QED) is 0.725. The normalized spacial score (nSPS) is 10.2. The molecule has 0 unspecified atom stereocenters. The summed E-state index contributed by atoms with van der Waals surface area (Å²) in [6.45, 7) is 4.29. The zero-order chi connectivity index (χ0) is 13.7. The highest BCUT2D eigenvalue weighted by Crippen LogP contribution is 2.14. The smallest absolute Gasteiger partial charge is 0.360 e. The molecule has 0 bridgehead atoms. The molecule has 7 nitrogen and oxygen atoms in total. The molecule has 100 valence electrons. The lowest BCUT2D eigenvalue weighted by Crippen LogP contribution is -2.29. The first kappa shape index (κ1) is 14.0. The van der Waals surface area contributed by atoms with Crippen LogP contribution in [0.15, 0.2) is 0 Å². The van der Waals surface area contributed by atoms with Crippen LogP contribution < -0.4 is 11.1 Å². The van der Waals surface area contributed by atoms with Gasteiger partial charge in [0, 0.05) is 6.54 Å². The molecule has 1 heterocycles. The number of nitrogens with one attached hydrogen (secondary N) is 1.